The minimum absolute atomic E-state index is 0.114. The zero-order valence-corrected chi connectivity index (χ0v) is 10.1. The zero-order chi connectivity index (χ0) is 11.0. The molecule has 0 aromatic heterocycles. The highest BCUT2D eigenvalue weighted by Gasteiger charge is 2.21. The Morgan fingerprint density at radius 1 is 1.21 bits per heavy atom. The van der Waals surface area contributed by atoms with E-state index in [1.54, 1.807) is 0 Å². The fourth-order valence-corrected chi connectivity index (χ4v) is 1.59. The van der Waals surface area contributed by atoms with Crippen LogP contribution in [0.2, 0.25) is 0 Å². The lowest BCUT2D eigenvalue weighted by Crippen LogP contribution is -2.47. The summed E-state index contributed by atoms with van der Waals surface area (Å²) >= 11 is 0. The van der Waals surface area contributed by atoms with Gasteiger partial charge in [0.1, 0.15) is 0 Å². The van der Waals surface area contributed by atoms with Crippen molar-refractivity contribution < 1.29 is 5.11 Å². The van der Waals surface area contributed by atoms with Gasteiger partial charge in [0.2, 0.25) is 0 Å². The molecule has 1 atom stereocenters. The summed E-state index contributed by atoms with van der Waals surface area (Å²) in [5.41, 5.74) is -0.114. The van der Waals surface area contributed by atoms with Gasteiger partial charge in [-0.25, -0.2) is 0 Å². The van der Waals surface area contributed by atoms with Gasteiger partial charge in [-0.2, -0.15) is 0 Å². The van der Waals surface area contributed by atoms with Crippen LogP contribution in [0.4, 0.5) is 0 Å². The Labute approximate surface area is 88.5 Å². The van der Waals surface area contributed by atoms with E-state index >= 15 is 0 Å². The van der Waals surface area contributed by atoms with Crippen molar-refractivity contribution in [3.05, 3.63) is 0 Å². The third-order valence-electron chi connectivity index (χ3n) is 2.83. The fraction of sp³-hybridized carbons (Fsp3) is 1.00. The van der Waals surface area contributed by atoms with Crippen molar-refractivity contribution in [3.63, 3.8) is 0 Å². The number of hydrogen-bond donors (Lipinski definition) is 2. The SMILES string of the molecule is CCNC(C)(CO)CCN(CC)CC. The highest BCUT2D eigenvalue weighted by atomic mass is 16.3. The van der Waals surface area contributed by atoms with Gasteiger partial charge in [-0.05, 0) is 39.5 Å². The predicted molar refractivity (Wildman–Crippen MR) is 61.6 cm³/mol. The van der Waals surface area contributed by atoms with Crippen molar-refractivity contribution in [2.24, 2.45) is 0 Å². The van der Waals surface area contributed by atoms with Crippen LogP contribution < -0.4 is 5.32 Å². The smallest absolute Gasteiger partial charge is 0.0611 e. The number of nitrogens with one attached hydrogen (secondary N) is 1. The van der Waals surface area contributed by atoms with Gasteiger partial charge in [-0.15, -0.1) is 0 Å². The summed E-state index contributed by atoms with van der Waals surface area (Å²) in [5.74, 6) is 0. The third kappa shape index (κ3) is 4.94. The molecule has 0 aliphatic rings. The quantitative estimate of drug-likeness (QED) is 0.618. The largest absolute Gasteiger partial charge is 0.394 e. The van der Waals surface area contributed by atoms with E-state index in [2.05, 4.69) is 37.9 Å². The van der Waals surface area contributed by atoms with E-state index < -0.39 is 0 Å². The highest BCUT2D eigenvalue weighted by Crippen LogP contribution is 2.09. The Balaban J connectivity index is 3.92. The molecule has 86 valence electrons. The second kappa shape index (κ2) is 7.21. The van der Waals surface area contributed by atoms with Crippen molar-refractivity contribution >= 4 is 0 Å². The Bertz CT molecular complexity index is 137. The average molecular weight is 202 g/mol. The summed E-state index contributed by atoms with van der Waals surface area (Å²) in [7, 11) is 0. The summed E-state index contributed by atoms with van der Waals surface area (Å²) in [6.45, 7) is 12.9. The van der Waals surface area contributed by atoms with E-state index in [9.17, 15) is 5.11 Å². The Morgan fingerprint density at radius 2 is 1.79 bits per heavy atom. The predicted octanol–water partition coefficient (Wildman–Crippen LogP) is 1.08. The van der Waals surface area contributed by atoms with E-state index in [0.717, 1.165) is 32.6 Å². The molecule has 0 aromatic rings. The van der Waals surface area contributed by atoms with Crippen LogP contribution in [0, 0.1) is 0 Å². The monoisotopic (exact) mass is 202 g/mol. The molecule has 0 aromatic carbocycles. The summed E-state index contributed by atoms with van der Waals surface area (Å²) in [4.78, 5) is 2.38. The number of aliphatic hydroxyl groups is 1. The van der Waals surface area contributed by atoms with Gasteiger partial charge in [-0.3, -0.25) is 0 Å². The third-order valence-corrected chi connectivity index (χ3v) is 2.83. The first-order valence-electron chi connectivity index (χ1n) is 5.70. The molecule has 0 fully saturated rings. The van der Waals surface area contributed by atoms with Crippen LogP contribution in [0.5, 0.6) is 0 Å². The van der Waals surface area contributed by atoms with Crippen LogP contribution in [0.15, 0.2) is 0 Å². The minimum Gasteiger partial charge on any atom is -0.394 e. The molecule has 0 radical (unpaired) electrons. The number of rotatable bonds is 8. The second-order valence-electron chi connectivity index (χ2n) is 4.03. The highest BCUT2D eigenvalue weighted by molar-refractivity contribution is 4.82. The first kappa shape index (κ1) is 13.9. The van der Waals surface area contributed by atoms with E-state index in [1.165, 1.54) is 0 Å². The standard InChI is InChI=1S/C11H26N2O/c1-5-12-11(4,10-14)8-9-13(6-2)7-3/h12,14H,5-10H2,1-4H3. The van der Waals surface area contributed by atoms with Crippen LogP contribution in [-0.2, 0) is 0 Å². The maximum Gasteiger partial charge on any atom is 0.0611 e. The van der Waals surface area contributed by atoms with Crippen molar-refractivity contribution in [2.45, 2.75) is 39.7 Å². The lowest BCUT2D eigenvalue weighted by molar-refractivity contribution is 0.150. The molecule has 0 aliphatic heterocycles. The fourth-order valence-electron chi connectivity index (χ4n) is 1.59. The van der Waals surface area contributed by atoms with Crippen molar-refractivity contribution in [3.8, 4) is 0 Å². The topological polar surface area (TPSA) is 35.5 Å². The Morgan fingerprint density at radius 3 is 2.14 bits per heavy atom. The van der Waals surface area contributed by atoms with E-state index in [1.807, 2.05) is 0 Å². The number of aliphatic hydroxyl groups excluding tert-OH is 1. The number of nitrogens with zero attached hydrogens (tertiary/aromatic N) is 1. The van der Waals surface area contributed by atoms with Gasteiger partial charge in [0.25, 0.3) is 0 Å². The first-order chi connectivity index (χ1) is 6.61. The van der Waals surface area contributed by atoms with Gasteiger partial charge in [-0.1, -0.05) is 20.8 Å². The van der Waals surface area contributed by atoms with E-state index in [-0.39, 0.29) is 12.1 Å². The molecule has 0 rings (SSSR count). The summed E-state index contributed by atoms with van der Waals surface area (Å²) in [6, 6.07) is 0. The van der Waals surface area contributed by atoms with Gasteiger partial charge < -0.3 is 15.3 Å². The molecule has 0 saturated carbocycles. The van der Waals surface area contributed by atoms with Gasteiger partial charge in [0.05, 0.1) is 6.61 Å². The zero-order valence-electron chi connectivity index (χ0n) is 10.1. The van der Waals surface area contributed by atoms with Crippen LogP contribution in [-0.4, -0.2) is 48.3 Å². The molecule has 3 nitrogen and oxygen atoms in total. The van der Waals surface area contributed by atoms with Crippen LogP contribution in [0.3, 0.4) is 0 Å². The summed E-state index contributed by atoms with van der Waals surface area (Å²) in [6.07, 6.45) is 0.999. The molecule has 3 heteroatoms. The maximum absolute atomic E-state index is 9.29. The lowest BCUT2D eigenvalue weighted by Gasteiger charge is -2.31. The first-order valence-corrected chi connectivity index (χ1v) is 5.70. The van der Waals surface area contributed by atoms with E-state index in [4.69, 9.17) is 0 Å². The lowest BCUT2D eigenvalue weighted by atomic mass is 9.98. The average Bonchev–Trinajstić information content (AvgIpc) is 2.20. The Hall–Kier alpha value is -0.120. The van der Waals surface area contributed by atoms with Gasteiger partial charge in [0.15, 0.2) is 0 Å². The van der Waals surface area contributed by atoms with Gasteiger partial charge in [0, 0.05) is 5.54 Å². The van der Waals surface area contributed by atoms with Crippen molar-refractivity contribution in [1.29, 1.82) is 0 Å². The normalized spacial score (nSPS) is 15.9. The number of likely N-dealkylation sites (N-methyl/N-ethyl adjacent to an activating group) is 1. The Kier molecular flexibility index (Phi) is 7.15. The molecular formula is C11H26N2O. The summed E-state index contributed by atoms with van der Waals surface area (Å²) < 4.78 is 0. The molecule has 0 heterocycles. The molecule has 0 bridgehead atoms. The maximum atomic E-state index is 9.29. The molecular weight excluding hydrogens is 176 g/mol. The van der Waals surface area contributed by atoms with Crippen molar-refractivity contribution in [2.75, 3.05) is 32.8 Å². The number of hydrogen-bond acceptors (Lipinski definition) is 3. The van der Waals surface area contributed by atoms with Crippen molar-refractivity contribution in [1.82, 2.24) is 10.2 Å². The molecule has 0 saturated heterocycles. The molecule has 0 spiro atoms. The van der Waals surface area contributed by atoms with Crippen LogP contribution in [0.1, 0.15) is 34.1 Å². The molecule has 14 heavy (non-hydrogen) atoms. The summed E-state index contributed by atoms with van der Waals surface area (Å²) in [5, 5.41) is 12.6. The molecule has 1 unspecified atom stereocenters. The second-order valence-corrected chi connectivity index (χ2v) is 4.03. The van der Waals surface area contributed by atoms with E-state index in [0.29, 0.717) is 0 Å². The van der Waals surface area contributed by atoms with Crippen LogP contribution >= 0.6 is 0 Å². The molecule has 2 N–H and O–H groups in total. The minimum atomic E-state index is -0.114. The molecule has 0 aliphatic carbocycles. The molecule has 0 amide bonds. The van der Waals surface area contributed by atoms with Crippen LogP contribution in [0.25, 0.3) is 0 Å². The van der Waals surface area contributed by atoms with Gasteiger partial charge >= 0.3 is 0 Å².